The maximum absolute atomic E-state index is 5.97. The summed E-state index contributed by atoms with van der Waals surface area (Å²) in [7, 11) is 3.24. The van der Waals surface area contributed by atoms with Gasteiger partial charge in [0.15, 0.2) is 0 Å². The molecule has 1 atom stereocenters. The summed E-state index contributed by atoms with van der Waals surface area (Å²) in [6, 6.07) is 9.25. The van der Waals surface area contributed by atoms with Crippen molar-refractivity contribution in [3.8, 4) is 11.5 Å². The van der Waals surface area contributed by atoms with Crippen LogP contribution in [0.4, 0.5) is 0 Å². The fourth-order valence-corrected chi connectivity index (χ4v) is 3.01. The molecule has 0 aliphatic rings. The SMILES string of the molecule is COc1ccc(C(NN)c2ccc(Cl)s2)c(OC)c1. The Balaban J connectivity index is 2.43. The van der Waals surface area contributed by atoms with Gasteiger partial charge in [-0.3, -0.25) is 5.84 Å². The van der Waals surface area contributed by atoms with E-state index < -0.39 is 0 Å². The summed E-state index contributed by atoms with van der Waals surface area (Å²) in [4.78, 5) is 1.02. The minimum atomic E-state index is -0.168. The normalized spacial score (nSPS) is 12.2. The van der Waals surface area contributed by atoms with Crippen LogP contribution in [0.5, 0.6) is 11.5 Å². The molecule has 0 fully saturated rings. The van der Waals surface area contributed by atoms with Crippen molar-refractivity contribution in [2.75, 3.05) is 14.2 Å². The highest BCUT2D eigenvalue weighted by molar-refractivity contribution is 7.16. The molecule has 3 N–H and O–H groups in total. The molecular weight excluding hydrogens is 284 g/mol. The molecule has 19 heavy (non-hydrogen) atoms. The van der Waals surface area contributed by atoms with Gasteiger partial charge in [-0.2, -0.15) is 0 Å². The first-order valence-electron chi connectivity index (χ1n) is 5.63. The first-order chi connectivity index (χ1) is 9.19. The lowest BCUT2D eigenvalue weighted by Gasteiger charge is -2.18. The molecule has 1 aromatic carbocycles. The predicted molar refractivity (Wildman–Crippen MR) is 78.0 cm³/mol. The summed E-state index contributed by atoms with van der Waals surface area (Å²) in [5.74, 6) is 7.12. The maximum Gasteiger partial charge on any atom is 0.127 e. The van der Waals surface area contributed by atoms with Gasteiger partial charge < -0.3 is 9.47 Å². The van der Waals surface area contributed by atoms with Gasteiger partial charge in [0, 0.05) is 16.5 Å². The van der Waals surface area contributed by atoms with E-state index in [0.29, 0.717) is 5.75 Å². The number of nitrogens with one attached hydrogen (secondary N) is 1. The summed E-state index contributed by atoms with van der Waals surface area (Å²) < 4.78 is 11.3. The summed E-state index contributed by atoms with van der Waals surface area (Å²) in [6.45, 7) is 0. The number of rotatable bonds is 5. The van der Waals surface area contributed by atoms with Crippen LogP contribution in [-0.4, -0.2) is 14.2 Å². The zero-order valence-corrected chi connectivity index (χ0v) is 12.2. The van der Waals surface area contributed by atoms with Gasteiger partial charge in [0.25, 0.3) is 0 Å². The third-order valence-electron chi connectivity index (χ3n) is 2.80. The van der Waals surface area contributed by atoms with Gasteiger partial charge in [-0.05, 0) is 24.3 Å². The molecule has 0 amide bonds. The van der Waals surface area contributed by atoms with Crippen molar-refractivity contribution in [3.05, 3.63) is 45.1 Å². The van der Waals surface area contributed by atoms with Crippen molar-refractivity contribution >= 4 is 22.9 Å². The van der Waals surface area contributed by atoms with Gasteiger partial charge >= 0.3 is 0 Å². The van der Waals surface area contributed by atoms with Crippen molar-refractivity contribution in [1.82, 2.24) is 5.43 Å². The van der Waals surface area contributed by atoms with Crippen LogP contribution < -0.4 is 20.7 Å². The predicted octanol–water partition coefficient (Wildman–Crippen LogP) is 2.97. The van der Waals surface area contributed by atoms with Crippen LogP contribution in [0, 0.1) is 0 Å². The fraction of sp³-hybridized carbons (Fsp3) is 0.231. The molecule has 6 heteroatoms. The number of nitrogens with two attached hydrogens (primary N) is 1. The molecule has 0 bridgehead atoms. The molecule has 0 spiro atoms. The Hall–Kier alpha value is -1.27. The summed E-state index contributed by atoms with van der Waals surface area (Å²) >= 11 is 7.45. The monoisotopic (exact) mass is 298 g/mol. The fourth-order valence-electron chi connectivity index (χ4n) is 1.87. The van der Waals surface area contributed by atoms with E-state index >= 15 is 0 Å². The minimum absolute atomic E-state index is 0.168. The second kappa shape index (κ2) is 6.25. The van der Waals surface area contributed by atoms with Gasteiger partial charge in [0.05, 0.1) is 24.6 Å². The lowest BCUT2D eigenvalue weighted by atomic mass is 10.0. The molecule has 4 nitrogen and oxygen atoms in total. The van der Waals surface area contributed by atoms with E-state index in [4.69, 9.17) is 26.9 Å². The van der Waals surface area contributed by atoms with E-state index in [1.807, 2.05) is 30.3 Å². The van der Waals surface area contributed by atoms with Gasteiger partial charge in [-0.15, -0.1) is 11.3 Å². The highest BCUT2D eigenvalue weighted by Gasteiger charge is 2.19. The van der Waals surface area contributed by atoms with Gasteiger partial charge in [-0.1, -0.05) is 11.6 Å². The zero-order chi connectivity index (χ0) is 13.8. The van der Waals surface area contributed by atoms with Crippen LogP contribution in [0.25, 0.3) is 0 Å². The van der Waals surface area contributed by atoms with Crippen LogP contribution in [0.3, 0.4) is 0 Å². The van der Waals surface area contributed by atoms with Gasteiger partial charge in [0.1, 0.15) is 11.5 Å². The number of hydrogen-bond donors (Lipinski definition) is 2. The number of hydrogen-bond acceptors (Lipinski definition) is 5. The first kappa shape index (κ1) is 14.1. The smallest absolute Gasteiger partial charge is 0.127 e. The summed E-state index contributed by atoms with van der Waals surface area (Å²) in [5.41, 5.74) is 3.73. The molecule has 0 aliphatic heterocycles. The number of thiophene rings is 1. The molecule has 0 radical (unpaired) electrons. The third-order valence-corrected chi connectivity index (χ3v) is 4.09. The zero-order valence-electron chi connectivity index (χ0n) is 10.6. The molecule has 1 unspecified atom stereocenters. The summed E-state index contributed by atoms with van der Waals surface area (Å²) in [6.07, 6.45) is 0. The van der Waals surface area contributed by atoms with Crippen LogP contribution in [0.15, 0.2) is 30.3 Å². The first-order valence-corrected chi connectivity index (χ1v) is 6.82. The number of methoxy groups -OCH3 is 2. The van der Waals surface area contributed by atoms with Crippen LogP contribution in [0.1, 0.15) is 16.5 Å². The van der Waals surface area contributed by atoms with E-state index in [9.17, 15) is 0 Å². The average molecular weight is 299 g/mol. The highest BCUT2D eigenvalue weighted by atomic mass is 35.5. The number of hydrazine groups is 1. The largest absolute Gasteiger partial charge is 0.497 e. The number of ether oxygens (including phenoxy) is 2. The molecular formula is C13H15ClN2O2S. The van der Waals surface area contributed by atoms with E-state index in [2.05, 4.69) is 5.43 Å². The average Bonchev–Trinajstić information content (AvgIpc) is 2.86. The lowest BCUT2D eigenvalue weighted by Crippen LogP contribution is -2.28. The van der Waals surface area contributed by atoms with Crippen LogP contribution in [0.2, 0.25) is 4.34 Å². The number of benzene rings is 1. The van der Waals surface area contributed by atoms with E-state index in [0.717, 1.165) is 20.5 Å². The van der Waals surface area contributed by atoms with Gasteiger partial charge in [-0.25, -0.2) is 5.43 Å². The molecule has 2 rings (SSSR count). The van der Waals surface area contributed by atoms with Gasteiger partial charge in [0.2, 0.25) is 0 Å². The van der Waals surface area contributed by atoms with Crippen LogP contribution in [-0.2, 0) is 0 Å². The molecule has 0 aliphatic carbocycles. The standard InChI is InChI=1S/C13H15ClN2O2S/c1-17-8-3-4-9(10(7-8)18-2)13(16-15)11-5-6-12(14)19-11/h3-7,13,16H,15H2,1-2H3. The number of halogens is 1. The molecule has 2 aromatic rings. The van der Waals surface area contributed by atoms with Crippen molar-refractivity contribution in [1.29, 1.82) is 0 Å². The Morgan fingerprint density at radius 1 is 1.21 bits per heavy atom. The van der Waals surface area contributed by atoms with Crippen molar-refractivity contribution < 1.29 is 9.47 Å². The summed E-state index contributed by atoms with van der Waals surface area (Å²) in [5, 5.41) is 0. The Bertz CT molecular complexity index is 559. The molecule has 0 saturated heterocycles. The van der Waals surface area contributed by atoms with Crippen molar-refractivity contribution in [3.63, 3.8) is 0 Å². The van der Waals surface area contributed by atoms with Crippen molar-refractivity contribution in [2.45, 2.75) is 6.04 Å². The maximum atomic E-state index is 5.97. The topological polar surface area (TPSA) is 56.5 Å². The Morgan fingerprint density at radius 3 is 2.53 bits per heavy atom. The van der Waals surface area contributed by atoms with E-state index in [1.165, 1.54) is 11.3 Å². The Morgan fingerprint density at radius 2 is 2.00 bits per heavy atom. The molecule has 0 saturated carbocycles. The molecule has 1 heterocycles. The quantitative estimate of drug-likeness (QED) is 0.658. The van der Waals surface area contributed by atoms with E-state index in [-0.39, 0.29) is 6.04 Å². The van der Waals surface area contributed by atoms with Crippen LogP contribution >= 0.6 is 22.9 Å². The second-order valence-corrected chi connectivity index (χ2v) is 5.60. The third kappa shape index (κ3) is 3.01. The highest BCUT2D eigenvalue weighted by Crippen LogP contribution is 2.36. The van der Waals surface area contributed by atoms with E-state index in [1.54, 1.807) is 14.2 Å². The lowest BCUT2D eigenvalue weighted by molar-refractivity contribution is 0.388. The van der Waals surface area contributed by atoms with Crippen molar-refractivity contribution in [2.24, 2.45) is 5.84 Å². The Kier molecular flexibility index (Phi) is 4.66. The Labute approximate surface area is 121 Å². The molecule has 1 aromatic heterocycles. The molecule has 102 valence electrons. The minimum Gasteiger partial charge on any atom is -0.497 e. The second-order valence-electron chi connectivity index (χ2n) is 3.85.